The van der Waals surface area contributed by atoms with Crippen LogP contribution in [0.2, 0.25) is 5.15 Å². The number of hydrogen-bond acceptors (Lipinski definition) is 16. The standard InChI is InChI=1S/C20H15N7O3.C13H8ClN5O.C7H8N2O2.CH3F.2CH4/c1-11-8-16(26-30-11)19-24-23-18-14-4-2-3-5-15(14)20(25-27(18)19)29-10-13-7-6-12(9-22-13)17(21)28;1-7-6-10(18-20-7)13-16-15-12-9-5-3-2-4-8(9)11(14)17-19(12)13;8-7(11)5-1-2-6(4-10)9-3-5;1-2;;/h2-9H,10H2,1H3,(H2,21,28);2-6H,1H3;1-3,10H,4H2,(H2,8,11);1H3;2*1H4/i;;;1D;;. The number of fused-ring (bicyclic) bond motifs is 6. The number of aliphatic hydroxyl groups excluding tert-OH is 1. The highest BCUT2D eigenvalue weighted by Gasteiger charge is 2.19. The van der Waals surface area contributed by atoms with Gasteiger partial charge in [-0.15, -0.1) is 25.5 Å². The number of aryl methyl sites for hydroxylation is 2. The van der Waals surface area contributed by atoms with E-state index in [1.807, 2.05) is 55.5 Å². The average molecular weight is 906 g/mol. The molecule has 0 fully saturated rings. The molecule has 22 heteroatoms. The Morgan fingerprint density at radius 2 is 1.18 bits per heavy atom. The van der Waals surface area contributed by atoms with Gasteiger partial charge in [-0.3, -0.25) is 23.9 Å². The van der Waals surface area contributed by atoms with Crippen LogP contribution in [-0.2, 0) is 13.2 Å². The molecule has 20 nitrogen and oxygen atoms in total. The molecule has 0 spiro atoms. The van der Waals surface area contributed by atoms with Crippen LogP contribution in [0.4, 0.5) is 4.39 Å². The van der Waals surface area contributed by atoms with Crippen LogP contribution in [0.3, 0.4) is 0 Å². The summed E-state index contributed by atoms with van der Waals surface area (Å²) in [5, 5.41) is 46.0. The number of nitrogens with two attached hydrogens (primary N) is 2. The van der Waals surface area contributed by atoms with Crippen LogP contribution in [-0.4, -0.2) is 84.0 Å². The number of carbonyl (C=O) groups excluding carboxylic acids is 2. The first kappa shape index (κ1) is 46.2. The summed E-state index contributed by atoms with van der Waals surface area (Å²) in [6.07, 6.45) is 2.76. The largest absolute Gasteiger partial charge is 0.470 e. The number of nitrogens with zero attached hydrogens (tertiary/aromatic N) is 12. The summed E-state index contributed by atoms with van der Waals surface area (Å²) in [5.74, 6) is 1.65. The second-order valence-corrected chi connectivity index (χ2v) is 13.5. The van der Waals surface area contributed by atoms with Crippen molar-refractivity contribution in [3.8, 4) is 28.9 Å². The van der Waals surface area contributed by atoms with Gasteiger partial charge in [-0.05, 0) is 44.2 Å². The number of aromatic nitrogens is 12. The predicted molar refractivity (Wildman–Crippen MR) is 238 cm³/mol. The number of carbonyl (C=O) groups is 2. The van der Waals surface area contributed by atoms with Gasteiger partial charge in [-0.1, -0.05) is 79.2 Å². The molecule has 334 valence electrons. The van der Waals surface area contributed by atoms with E-state index in [0.717, 1.165) is 21.5 Å². The minimum Gasteiger partial charge on any atom is -0.470 e. The highest BCUT2D eigenvalue weighted by molar-refractivity contribution is 6.34. The molecule has 0 unspecified atom stereocenters. The van der Waals surface area contributed by atoms with Crippen molar-refractivity contribution < 1.29 is 34.2 Å². The van der Waals surface area contributed by atoms with Crippen LogP contribution in [0.5, 0.6) is 5.88 Å². The van der Waals surface area contributed by atoms with E-state index in [0.29, 0.717) is 79.4 Å². The summed E-state index contributed by atoms with van der Waals surface area (Å²) in [7, 11) is -1.00. The molecule has 8 heterocycles. The molecule has 8 aromatic heterocycles. The Bertz CT molecular complexity index is 3230. The summed E-state index contributed by atoms with van der Waals surface area (Å²) in [4.78, 5) is 29.7. The molecule has 65 heavy (non-hydrogen) atoms. The first-order valence-electron chi connectivity index (χ1n) is 19.1. The number of amides is 2. The van der Waals surface area contributed by atoms with Gasteiger partial charge in [0.25, 0.3) is 0 Å². The second kappa shape index (κ2) is 21.2. The van der Waals surface area contributed by atoms with Crippen molar-refractivity contribution in [1.82, 2.24) is 59.9 Å². The van der Waals surface area contributed by atoms with Gasteiger partial charge in [0.15, 0.2) is 27.8 Å². The summed E-state index contributed by atoms with van der Waals surface area (Å²) >= 11 is 6.23. The minimum atomic E-state index is -1.00. The van der Waals surface area contributed by atoms with Gasteiger partial charge < -0.3 is 30.4 Å². The fourth-order valence-electron chi connectivity index (χ4n) is 5.93. The van der Waals surface area contributed by atoms with Crippen LogP contribution in [0.25, 0.3) is 55.9 Å². The van der Waals surface area contributed by atoms with Crippen molar-refractivity contribution >= 4 is 56.3 Å². The average Bonchev–Trinajstić information content (AvgIpc) is 4.14. The van der Waals surface area contributed by atoms with Crippen molar-refractivity contribution in [2.45, 2.75) is 41.9 Å². The zero-order valence-electron chi connectivity index (χ0n) is 34.1. The Morgan fingerprint density at radius 1 is 0.723 bits per heavy atom. The number of benzene rings is 2. The number of alkyl halides is 1. The lowest BCUT2D eigenvalue weighted by Gasteiger charge is -2.09. The van der Waals surface area contributed by atoms with Crippen molar-refractivity contribution in [1.29, 1.82) is 0 Å². The third-order valence-corrected chi connectivity index (χ3v) is 9.18. The van der Waals surface area contributed by atoms with E-state index in [-0.39, 0.29) is 28.1 Å². The Kier molecular flexibility index (Phi) is 15.1. The number of primary amides is 2. The van der Waals surface area contributed by atoms with Crippen LogP contribution < -0.4 is 16.2 Å². The Morgan fingerprint density at radius 3 is 1.63 bits per heavy atom. The molecular formula is C43H42ClFN14O6. The van der Waals surface area contributed by atoms with E-state index in [1.54, 1.807) is 46.3 Å². The number of aliphatic hydroxyl groups is 1. The summed E-state index contributed by atoms with van der Waals surface area (Å²) in [6.45, 7) is 3.64. The molecule has 0 saturated heterocycles. The fourth-order valence-corrected chi connectivity index (χ4v) is 6.17. The van der Waals surface area contributed by atoms with Crippen LogP contribution in [0.1, 0.15) is 59.8 Å². The number of pyridine rings is 2. The highest BCUT2D eigenvalue weighted by atomic mass is 35.5. The van der Waals surface area contributed by atoms with Crippen molar-refractivity contribution in [2.24, 2.45) is 11.5 Å². The molecule has 10 aromatic rings. The lowest BCUT2D eigenvalue weighted by molar-refractivity contribution is 0.0991. The van der Waals surface area contributed by atoms with Gasteiger partial charge in [0, 0.05) is 46.1 Å². The summed E-state index contributed by atoms with van der Waals surface area (Å²) in [6, 6.07) is 25.2. The fraction of sp³-hybridized carbons (Fsp3) is 0.163. The van der Waals surface area contributed by atoms with E-state index in [2.05, 4.69) is 50.9 Å². The highest BCUT2D eigenvalue weighted by Crippen LogP contribution is 2.30. The van der Waals surface area contributed by atoms with Crippen molar-refractivity contribution in [2.75, 3.05) is 7.15 Å². The van der Waals surface area contributed by atoms with E-state index in [1.165, 1.54) is 18.5 Å². The maximum atomic E-state index is 11.2. The monoisotopic (exact) mass is 905 g/mol. The molecule has 2 amide bonds. The molecule has 0 radical (unpaired) electrons. The zero-order valence-corrected chi connectivity index (χ0v) is 33.9. The normalized spacial score (nSPS) is 10.6. The third-order valence-electron chi connectivity index (χ3n) is 8.90. The lowest BCUT2D eigenvalue weighted by Crippen LogP contribution is -2.11. The summed E-state index contributed by atoms with van der Waals surface area (Å²) < 4.78 is 34.9. The predicted octanol–water partition coefficient (Wildman–Crippen LogP) is 6.74. The molecule has 10 rings (SSSR count). The number of ether oxygens (including phenoxy) is 1. The van der Waals surface area contributed by atoms with Gasteiger partial charge >= 0.3 is 0 Å². The van der Waals surface area contributed by atoms with Crippen LogP contribution >= 0.6 is 11.6 Å². The smallest absolute Gasteiger partial charge is 0.250 e. The van der Waals surface area contributed by atoms with E-state index >= 15 is 0 Å². The van der Waals surface area contributed by atoms with Crippen LogP contribution in [0, 0.1) is 13.8 Å². The van der Waals surface area contributed by atoms with Crippen molar-refractivity contribution in [3.63, 3.8) is 0 Å². The maximum Gasteiger partial charge on any atom is 0.250 e. The van der Waals surface area contributed by atoms with E-state index in [4.69, 9.17) is 43.3 Å². The molecular weight excluding hydrogens is 863 g/mol. The first-order chi connectivity index (χ1) is 31.0. The number of rotatable bonds is 8. The molecule has 5 N–H and O–H groups in total. The van der Waals surface area contributed by atoms with Gasteiger partial charge in [-0.25, -0.2) is 0 Å². The zero-order chi connectivity index (χ0) is 45.3. The van der Waals surface area contributed by atoms with Gasteiger partial charge in [0.1, 0.15) is 18.1 Å². The van der Waals surface area contributed by atoms with Gasteiger partial charge in [0.2, 0.25) is 29.3 Å². The quantitative estimate of drug-likeness (QED) is 0.142. The molecule has 0 aliphatic rings. The second-order valence-electron chi connectivity index (χ2n) is 13.1. The van der Waals surface area contributed by atoms with Gasteiger partial charge in [0.05, 0.1) is 37.6 Å². The number of hydrogen-bond donors (Lipinski definition) is 3. The number of halogens is 2. The third kappa shape index (κ3) is 10.3. The molecule has 0 aliphatic heterocycles. The SMILES string of the molecule is C.C.Cc1cc(-c2nnc3c4ccccc4c(Cl)nn23)no1.Cc1cc(-c2nnc3c4ccccc4c(OCc4ccc(C(N)=O)cn4)nn23)no1.NC(=O)c1ccc(CO)nc1.[2H]CF. The first-order valence-corrected chi connectivity index (χ1v) is 18.8. The van der Waals surface area contributed by atoms with Crippen LogP contribution in [0.15, 0.2) is 106 Å². The Hall–Kier alpha value is -8.30. The van der Waals surface area contributed by atoms with Crippen molar-refractivity contribution in [3.05, 3.63) is 137 Å². The maximum absolute atomic E-state index is 11.2. The molecule has 0 saturated carbocycles. The Balaban J connectivity index is 0.000000196. The lowest BCUT2D eigenvalue weighted by atomic mass is 10.2. The topological polar surface area (TPSA) is 280 Å². The Labute approximate surface area is 375 Å². The molecule has 0 atom stereocenters. The van der Waals surface area contributed by atoms with Gasteiger partial charge in [-0.2, -0.15) is 14.1 Å². The molecule has 0 bridgehead atoms. The minimum absolute atomic E-state index is 0. The summed E-state index contributed by atoms with van der Waals surface area (Å²) in [5.41, 5.74) is 14.4. The molecule has 2 aromatic carbocycles. The molecule has 0 aliphatic carbocycles. The van der Waals surface area contributed by atoms with E-state index in [9.17, 15) is 14.0 Å². The van der Waals surface area contributed by atoms with E-state index < -0.39 is 19.0 Å².